The lowest BCUT2D eigenvalue weighted by Crippen LogP contribution is -2.12. The van der Waals surface area contributed by atoms with Crippen LogP contribution in [0.5, 0.6) is 0 Å². The Balaban J connectivity index is 2.46. The van der Waals surface area contributed by atoms with Crippen molar-refractivity contribution < 1.29 is 5.11 Å². The van der Waals surface area contributed by atoms with Crippen LogP contribution in [0, 0.1) is 6.92 Å². The summed E-state index contributed by atoms with van der Waals surface area (Å²) in [6.45, 7) is 6.01. The molecule has 19 heavy (non-hydrogen) atoms. The van der Waals surface area contributed by atoms with Gasteiger partial charge in [0.1, 0.15) is 6.10 Å². The summed E-state index contributed by atoms with van der Waals surface area (Å²) in [4.78, 5) is 0. The molecule has 0 aliphatic heterocycles. The number of benzene rings is 1. The lowest BCUT2D eigenvalue weighted by molar-refractivity contribution is 0.205. The third kappa shape index (κ3) is 2.86. The average molecular weight is 344 g/mol. The Kier molecular flexibility index (Phi) is 4.33. The Labute approximate surface area is 126 Å². The summed E-state index contributed by atoms with van der Waals surface area (Å²) >= 11 is 9.63. The predicted molar refractivity (Wildman–Crippen MR) is 80.6 cm³/mol. The first-order valence-corrected chi connectivity index (χ1v) is 7.26. The topological polar surface area (TPSA) is 38.1 Å². The average Bonchev–Trinajstić information content (AvgIpc) is 2.74. The van der Waals surface area contributed by atoms with Gasteiger partial charge in [-0.15, -0.1) is 0 Å². The van der Waals surface area contributed by atoms with E-state index in [1.54, 1.807) is 10.9 Å². The van der Waals surface area contributed by atoms with E-state index in [9.17, 15) is 5.11 Å². The zero-order valence-corrected chi connectivity index (χ0v) is 13.4. The molecule has 1 N–H and O–H groups in total. The normalized spacial score (nSPS) is 13.0. The molecule has 1 aromatic carbocycles. The molecule has 0 saturated carbocycles. The van der Waals surface area contributed by atoms with Crippen LogP contribution in [0.2, 0.25) is 5.02 Å². The standard InChI is InChI=1S/C14H16BrClN2O/c1-8(2)18-13(12(16)7-17-18)14(19)10-5-4-9(3)11(15)6-10/h4-8,14,19H,1-3H3. The van der Waals surface area contributed by atoms with Gasteiger partial charge < -0.3 is 5.11 Å². The van der Waals surface area contributed by atoms with Gasteiger partial charge in [-0.3, -0.25) is 4.68 Å². The van der Waals surface area contributed by atoms with E-state index in [4.69, 9.17) is 11.6 Å². The number of aryl methyl sites for hydroxylation is 1. The molecule has 102 valence electrons. The molecular weight excluding hydrogens is 328 g/mol. The fourth-order valence-electron chi connectivity index (χ4n) is 1.96. The smallest absolute Gasteiger partial charge is 0.122 e. The summed E-state index contributed by atoms with van der Waals surface area (Å²) < 4.78 is 2.72. The van der Waals surface area contributed by atoms with Crippen LogP contribution in [-0.4, -0.2) is 14.9 Å². The minimum Gasteiger partial charge on any atom is -0.382 e. The Hall–Kier alpha value is -0.840. The molecular formula is C14H16BrClN2O. The number of halogens is 2. The largest absolute Gasteiger partial charge is 0.382 e. The molecule has 0 aliphatic rings. The first-order valence-electron chi connectivity index (χ1n) is 6.08. The Morgan fingerprint density at radius 3 is 2.63 bits per heavy atom. The van der Waals surface area contributed by atoms with E-state index in [0.29, 0.717) is 10.7 Å². The maximum absolute atomic E-state index is 10.5. The van der Waals surface area contributed by atoms with Crippen LogP contribution in [0.25, 0.3) is 0 Å². The van der Waals surface area contributed by atoms with Crippen molar-refractivity contribution >= 4 is 27.5 Å². The molecule has 1 unspecified atom stereocenters. The van der Waals surface area contributed by atoms with Crippen molar-refractivity contribution in [2.24, 2.45) is 0 Å². The van der Waals surface area contributed by atoms with Gasteiger partial charge in [0.15, 0.2) is 0 Å². The molecule has 3 nitrogen and oxygen atoms in total. The third-order valence-corrected chi connectivity index (χ3v) is 4.19. The van der Waals surface area contributed by atoms with Crippen LogP contribution in [0.15, 0.2) is 28.9 Å². The first kappa shape index (κ1) is 14.6. The minimum atomic E-state index is -0.783. The maximum atomic E-state index is 10.5. The SMILES string of the molecule is Cc1ccc(C(O)c2c(Cl)cnn2C(C)C)cc1Br. The Morgan fingerprint density at radius 2 is 2.05 bits per heavy atom. The molecule has 2 rings (SSSR count). The number of aliphatic hydroxyl groups is 1. The van der Waals surface area contributed by atoms with Crippen molar-refractivity contribution in [2.75, 3.05) is 0 Å². The summed E-state index contributed by atoms with van der Waals surface area (Å²) in [5.41, 5.74) is 2.55. The second-order valence-electron chi connectivity index (χ2n) is 4.83. The lowest BCUT2D eigenvalue weighted by atomic mass is 10.0. The molecule has 1 aromatic heterocycles. The van der Waals surface area contributed by atoms with Crippen LogP contribution in [0.4, 0.5) is 0 Å². The van der Waals surface area contributed by atoms with Crippen molar-refractivity contribution in [3.8, 4) is 0 Å². The number of aliphatic hydroxyl groups excluding tert-OH is 1. The summed E-state index contributed by atoms with van der Waals surface area (Å²) in [5.74, 6) is 0. The van der Waals surface area contributed by atoms with Crippen LogP contribution in [-0.2, 0) is 0 Å². The number of rotatable bonds is 3. The van der Waals surface area contributed by atoms with Crippen LogP contribution < -0.4 is 0 Å². The van der Waals surface area contributed by atoms with E-state index in [2.05, 4.69) is 21.0 Å². The molecule has 0 bridgehead atoms. The van der Waals surface area contributed by atoms with Gasteiger partial charge in [0, 0.05) is 10.5 Å². The van der Waals surface area contributed by atoms with Gasteiger partial charge in [-0.25, -0.2) is 0 Å². The summed E-state index contributed by atoms with van der Waals surface area (Å²) in [7, 11) is 0. The van der Waals surface area contributed by atoms with Gasteiger partial charge in [-0.2, -0.15) is 5.10 Å². The first-order chi connectivity index (χ1) is 8.91. The quantitative estimate of drug-likeness (QED) is 0.903. The van der Waals surface area contributed by atoms with Gasteiger partial charge in [0.05, 0.1) is 16.9 Å². The predicted octanol–water partition coefficient (Wildman–Crippen LogP) is 4.27. The van der Waals surface area contributed by atoms with E-state index in [0.717, 1.165) is 15.6 Å². The highest BCUT2D eigenvalue weighted by Gasteiger charge is 2.21. The second kappa shape index (κ2) is 5.65. The molecule has 0 aliphatic carbocycles. The molecule has 0 fully saturated rings. The highest BCUT2D eigenvalue weighted by atomic mass is 79.9. The molecule has 2 aromatic rings. The van der Waals surface area contributed by atoms with Gasteiger partial charge in [0.25, 0.3) is 0 Å². The summed E-state index contributed by atoms with van der Waals surface area (Å²) in [6, 6.07) is 5.92. The van der Waals surface area contributed by atoms with Crippen LogP contribution in [0.3, 0.4) is 0 Å². The lowest BCUT2D eigenvalue weighted by Gasteiger charge is -2.17. The maximum Gasteiger partial charge on any atom is 0.122 e. The highest BCUT2D eigenvalue weighted by Crippen LogP contribution is 2.31. The fourth-order valence-corrected chi connectivity index (χ4v) is 2.59. The van der Waals surface area contributed by atoms with Crippen LogP contribution >= 0.6 is 27.5 Å². The monoisotopic (exact) mass is 342 g/mol. The molecule has 1 heterocycles. The van der Waals surface area contributed by atoms with E-state index in [-0.39, 0.29) is 6.04 Å². The van der Waals surface area contributed by atoms with Crippen molar-refractivity contribution in [3.63, 3.8) is 0 Å². The fraction of sp³-hybridized carbons (Fsp3) is 0.357. The number of aromatic nitrogens is 2. The van der Waals surface area contributed by atoms with Crippen LogP contribution in [0.1, 0.15) is 42.8 Å². The third-order valence-electron chi connectivity index (χ3n) is 3.05. The van der Waals surface area contributed by atoms with E-state index >= 15 is 0 Å². The van der Waals surface area contributed by atoms with E-state index in [1.165, 1.54) is 0 Å². The number of nitrogens with zero attached hydrogens (tertiary/aromatic N) is 2. The molecule has 0 radical (unpaired) electrons. The zero-order chi connectivity index (χ0) is 14.2. The highest BCUT2D eigenvalue weighted by molar-refractivity contribution is 9.10. The van der Waals surface area contributed by atoms with Gasteiger partial charge in [0.2, 0.25) is 0 Å². The van der Waals surface area contributed by atoms with Gasteiger partial charge in [-0.1, -0.05) is 39.7 Å². The van der Waals surface area contributed by atoms with Crippen molar-refractivity contribution in [2.45, 2.75) is 32.9 Å². The summed E-state index contributed by atoms with van der Waals surface area (Å²) in [5, 5.41) is 15.2. The van der Waals surface area contributed by atoms with E-state index in [1.807, 2.05) is 39.0 Å². The number of hydrogen-bond acceptors (Lipinski definition) is 2. The second-order valence-corrected chi connectivity index (χ2v) is 6.09. The van der Waals surface area contributed by atoms with E-state index < -0.39 is 6.10 Å². The van der Waals surface area contributed by atoms with Gasteiger partial charge in [-0.05, 0) is 38.0 Å². The van der Waals surface area contributed by atoms with Crippen molar-refractivity contribution in [1.29, 1.82) is 0 Å². The van der Waals surface area contributed by atoms with Crippen molar-refractivity contribution in [1.82, 2.24) is 9.78 Å². The summed E-state index contributed by atoms with van der Waals surface area (Å²) in [6.07, 6.45) is 0.790. The molecule has 5 heteroatoms. The molecule has 0 spiro atoms. The van der Waals surface area contributed by atoms with Crippen molar-refractivity contribution in [3.05, 3.63) is 50.7 Å². The molecule has 0 amide bonds. The number of hydrogen-bond donors (Lipinski definition) is 1. The zero-order valence-electron chi connectivity index (χ0n) is 11.1. The molecule has 0 saturated heterocycles. The minimum absolute atomic E-state index is 0.144. The van der Waals surface area contributed by atoms with Gasteiger partial charge >= 0.3 is 0 Å². The Bertz CT molecular complexity index is 595. The molecule has 1 atom stereocenters. The Morgan fingerprint density at radius 1 is 1.37 bits per heavy atom.